The van der Waals surface area contributed by atoms with Gasteiger partial charge in [0.2, 0.25) is 0 Å². The zero-order valence-electron chi connectivity index (χ0n) is 13.4. The van der Waals surface area contributed by atoms with Crippen LogP contribution in [-0.2, 0) is 6.54 Å². The fourth-order valence-electron chi connectivity index (χ4n) is 2.31. The maximum absolute atomic E-state index is 11.2. The number of nitro benzene ring substituents is 1. The molecule has 6 nitrogen and oxygen atoms in total. The molecule has 1 aromatic heterocycles. The van der Waals surface area contributed by atoms with E-state index < -0.39 is 4.92 Å². The van der Waals surface area contributed by atoms with Crippen molar-refractivity contribution in [2.75, 3.05) is 0 Å². The zero-order chi connectivity index (χ0) is 18.5. The molecule has 0 aliphatic heterocycles. The summed E-state index contributed by atoms with van der Waals surface area (Å²) in [5.74, 6) is 0.876. The normalized spacial score (nSPS) is 11.0. The Morgan fingerprint density at radius 3 is 2.81 bits per heavy atom. The molecule has 26 heavy (non-hydrogen) atoms. The minimum atomic E-state index is -0.443. The van der Waals surface area contributed by atoms with Crippen LogP contribution in [0.3, 0.4) is 0 Å². The van der Waals surface area contributed by atoms with Crippen molar-refractivity contribution in [1.82, 2.24) is 5.43 Å². The summed E-state index contributed by atoms with van der Waals surface area (Å²) >= 11 is 9.31. The van der Waals surface area contributed by atoms with Crippen molar-refractivity contribution in [3.8, 4) is 11.3 Å². The minimum absolute atomic E-state index is 0.0333. The molecule has 1 heterocycles. The molecular formula is C18H13BrClN3O3. The predicted octanol–water partition coefficient (Wildman–Crippen LogP) is 5.39. The van der Waals surface area contributed by atoms with Crippen LogP contribution in [0, 0.1) is 10.1 Å². The van der Waals surface area contributed by atoms with E-state index in [0.717, 1.165) is 5.56 Å². The van der Waals surface area contributed by atoms with Gasteiger partial charge in [0.05, 0.1) is 23.2 Å². The summed E-state index contributed by atoms with van der Waals surface area (Å²) in [7, 11) is 0. The van der Waals surface area contributed by atoms with Crippen LogP contribution >= 0.6 is 27.5 Å². The summed E-state index contributed by atoms with van der Waals surface area (Å²) in [4.78, 5) is 10.8. The Morgan fingerprint density at radius 1 is 1.23 bits per heavy atom. The Bertz CT molecular complexity index is 972. The van der Waals surface area contributed by atoms with Gasteiger partial charge in [-0.1, -0.05) is 45.7 Å². The average molecular weight is 435 g/mol. The first-order chi connectivity index (χ1) is 12.5. The predicted molar refractivity (Wildman–Crippen MR) is 104 cm³/mol. The number of rotatable bonds is 6. The molecule has 3 aromatic rings. The quantitative estimate of drug-likeness (QED) is 0.320. The molecule has 3 rings (SSSR count). The van der Waals surface area contributed by atoms with Crippen LogP contribution in [0.1, 0.15) is 11.3 Å². The van der Waals surface area contributed by atoms with Crippen molar-refractivity contribution < 1.29 is 9.34 Å². The van der Waals surface area contributed by atoms with Crippen molar-refractivity contribution in [3.63, 3.8) is 0 Å². The number of hydrogen-bond donors (Lipinski definition) is 1. The second kappa shape index (κ2) is 8.16. The molecule has 0 radical (unpaired) electrons. The Hall–Kier alpha value is -2.64. The highest BCUT2D eigenvalue weighted by molar-refractivity contribution is 9.10. The van der Waals surface area contributed by atoms with E-state index >= 15 is 0 Å². The highest BCUT2D eigenvalue weighted by Crippen LogP contribution is 2.33. The summed E-state index contributed by atoms with van der Waals surface area (Å²) in [5, 5.41) is 16.0. The average Bonchev–Trinajstić information content (AvgIpc) is 3.08. The molecular weight excluding hydrogens is 422 g/mol. The third-order valence-electron chi connectivity index (χ3n) is 3.56. The van der Waals surface area contributed by atoms with Crippen LogP contribution in [0.5, 0.6) is 0 Å². The molecule has 0 spiro atoms. The van der Waals surface area contributed by atoms with E-state index in [0.29, 0.717) is 33.1 Å². The van der Waals surface area contributed by atoms with Gasteiger partial charge in [0.15, 0.2) is 0 Å². The van der Waals surface area contributed by atoms with Gasteiger partial charge >= 0.3 is 0 Å². The summed E-state index contributed by atoms with van der Waals surface area (Å²) in [5.41, 5.74) is 4.19. The number of hydrogen-bond acceptors (Lipinski definition) is 5. The zero-order valence-corrected chi connectivity index (χ0v) is 15.7. The number of nitrogens with one attached hydrogen (secondary N) is 1. The van der Waals surface area contributed by atoms with E-state index in [4.69, 9.17) is 16.0 Å². The fourth-order valence-corrected chi connectivity index (χ4v) is 2.86. The van der Waals surface area contributed by atoms with Gasteiger partial charge < -0.3 is 9.84 Å². The topological polar surface area (TPSA) is 80.7 Å². The van der Waals surface area contributed by atoms with Crippen LogP contribution in [0.25, 0.3) is 11.3 Å². The van der Waals surface area contributed by atoms with Gasteiger partial charge in [0.25, 0.3) is 5.69 Å². The maximum atomic E-state index is 11.2. The third-order valence-corrected chi connectivity index (χ3v) is 4.42. The van der Waals surface area contributed by atoms with Crippen LogP contribution in [-0.4, -0.2) is 11.1 Å². The Balaban J connectivity index is 1.71. The van der Waals surface area contributed by atoms with Crippen molar-refractivity contribution >= 4 is 39.4 Å². The molecule has 0 atom stereocenters. The summed E-state index contributed by atoms with van der Waals surface area (Å²) in [6.07, 6.45) is 1.50. The van der Waals surface area contributed by atoms with Crippen molar-refractivity contribution in [2.24, 2.45) is 5.10 Å². The number of furan rings is 1. The van der Waals surface area contributed by atoms with Gasteiger partial charge in [0.1, 0.15) is 11.5 Å². The standard InChI is InChI=1S/C18H13BrClN3O3/c19-13-5-7-15(17(9-13)23(24)25)18-8-6-14(26-18)11-22-21-10-12-3-1-2-4-16(12)20/h1-9,11,21H,10H2/b22-11-. The van der Waals surface area contributed by atoms with Gasteiger partial charge in [-0.2, -0.15) is 5.10 Å². The van der Waals surface area contributed by atoms with Crippen LogP contribution in [0.4, 0.5) is 5.69 Å². The van der Waals surface area contributed by atoms with Gasteiger partial charge in [-0.15, -0.1) is 0 Å². The highest BCUT2D eigenvalue weighted by atomic mass is 79.9. The van der Waals surface area contributed by atoms with E-state index in [9.17, 15) is 10.1 Å². The van der Waals surface area contributed by atoms with Crippen molar-refractivity contribution in [3.05, 3.63) is 85.5 Å². The molecule has 8 heteroatoms. The molecule has 0 bridgehead atoms. The molecule has 0 saturated carbocycles. The van der Waals surface area contributed by atoms with Gasteiger partial charge in [0, 0.05) is 15.6 Å². The van der Waals surface area contributed by atoms with E-state index in [-0.39, 0.29) is 5.69 Å². The molecule has 0 saturated heterocycles. The number of benzene rings is 2. The molecule has 0 fully saturated rings. The summed E-state index contributed by atoms with van der Waals surface area (Å²) in [6.45, 7) is 0.474. The second-order valence-corrected chi connectivity index (χ2v) is 6.63. The Labute approximate surface area is 162 Å². The smallest absolute Gasteiger partial charge is 0.281 e. The lowest BCUT2D eigenvalue weighted by Crippen LogP contribution is -2.05. The molecule has 0 unspecified atom stereocenters. The van der Waals surface area contributed by atoms with E-state index in [2.05, 4.69) is 26.5 Å². The van der Waals surface area contributed by atoms with Gasteiger partial charge in [-0.05, 0) is 35.9 Å². The first-order valence-electron chi connectivity index (χ1n) is 7.58. The fraction of sp³-hybridized carbons (Fsp3) is 0.0556. The lowest BCUT2D eigenvalue weighted by Gasteiger charge is -2.02. The van der Waals surface area contributed by atoms with Crippen molar-refractivity contribution in [1.29, 1.82) is 0 Å². The lowest BCUT2D eigenvalue weighted by molar-refractivity contribution is -0.384. The highest BCUT2D eigenvalue weighted by Gasteiger charge is 2.18. The van der Waals surface area contributed by atoms with E-state index in [1.165, 1.54) is 12.3 Å². The van der Waals surface area contributed by atoms with Gasteiger partial charge in [-0.3, -0.25) is 10.1 Å². The lowest BCUT2D eigenvalue weighted by atomic mass is 10.1. The van der Waals surface area contributed by atoms with Crippen LogP contribution < -0.4 is 5.43 Å². The molecule has 132 valence electrons. The summed E-state index contributed by atoms with van der Waals surface area (Å²) < 4.78 is 6.27. The van der Waals surface area contributed by atoms with E-state index in [1.54, 1.807) is 24.3 Å². The molecule has 1 N–H and O–H groups in total. The first-order valence-corrected chi connectivity index (χ1v) is 8.75. The number of nitrogens with zero attached hydrogens (tertiary/aromatic N) is 2. The second-order valence-electron chi connectivity index (χ2n) is 5.31. The van der Waals surface area contributed by atoms with Crippen LogP contribution in [0.2, 0.25) is 5.02 Å². The largest absolute Gasteiger partial charge is 0.455 e. The Kier molecular flexibility index (Phi) is 5.70. The number of nitro groups is 1. The van der Waals surface area contributed by atoms with Crippen molar-refractivity contribution in [2.45, 2.75) is 6.54 Å². The molecule has 0 aliphatic rings. The molecule has 0 aliphatic carbocycles. The van der Waals surface area contributed by atoms with E-state index in [1.807, 2.05) is 24.3 Å². The SMILES string of the molecule is O=[N+]([O-])c1cc(Br)ccc1-c1ccc(/C=N\NCc2ccccc2Cl)o1. The summed E-state index contributed by atoms with van der Waals surface area (Å²) in [6, 6.07) is 15.7. The minimum Gasteiger partial charge on any atom is -0.455 e. The van der Waals surface area contributed by atoms with Gasteiger partial charge in [-0.25, -0.2) is 0 Å². The first kappa shape index (κ1) is 18.2. The number of halogens is 2. The molecule has 0 amide bonds. The maximum Gasteiger partial charge on any atom is 0.281 e. The third kappa shape index (κ3) is 4.30. The Morgan fingerprint density at radius 2 is 2.04 bits per heavy atom. The monoisotopic (exact) mass is 433 g/mol. The molecule has 2 aromatic carbocycles. The van der Waals surface area contributed by atoms with Crippen LogP contribution in [0.15, 0.2) is 68.6 Å². The number of hydrazone groups is 1.